The van der Waals surface area contributed by atoms with Crippen LogP contribution in [0.3, 0.4) is 0 Å². The van der Waals surface area contributed by atoms with Crippen LogP contribution in [0.4, 0.5) is 4.79 Å². The molecule has 0 aromatic carbocycles. The highest BCUT2D eigenvalue weighted by atomic mass is 16.4. The van der Waals surface area contributed by atoms with Crippen molar-refractivity contribution in [2.45, 2.75) is 38.6 Å². The molecule has 0 aromatic heterocycles. The van der Waals surface area contributed by atoms with Gasteiger partial charge in [-0.25, -0.2) is 4.79 Å². The number of amides is 2. The average Bonchev–Trinajstić information content (AvgIpc) is 2.77. The lowest BCUT2D eigenvalue weighted by Crippen LogP contribution is -2.43. The van der Waals surface area contributed by atoms with E-state index in [0.29, 0.717) is 12.6 Å². The number of oxime groups is 1. The Hall–Kier alpha value is -1.46. The number of nitrogens with zero attached hydrogens (tertiary/aromatic N) is 1. The molecule has 6 nitrogen and oxygen atoms in total. The predicted molar refractivity (Wildman–Crippen MR) is 61.4 cm³/mol. The van der Waals surface area contributed by atoms with E-state index in [2.05, 4.69) is 15.8 Å². The van der Waals surface area contributed by atoms with Gasteiger partial charge in [-0.05, 0) is 12.8 Å². The molecule has 1 rings (SSSR count). The molecule has 0 heterocycles. The number of nitrogens with one attached hydrogen (secondary N) is 2. The summed E-state index contributed by atoms with van der Waals surface area (Å²) in [7, 11) is 0. The van der Waals surface area contributed by atoms with Crippen molar-refractivity contribution in [2.75, 3.05) is 6.54 Å². The van der Waals surface area contributed by atoms with Crippen molar-refractivity contribution in [3.05, 3.63) is 0 Å². The number of amidine groups is 1. The average molecular weight is 228 g/mol. The van der Waals surface area contributed by atoms with Gasteiger partial charge in [-0.15, -0.1) is 0 Å². The third-order valence-corrected chi connectivity index (χ3v) is 2.88. The first-order valence-electron chi connectivity index (χ1n) is 5.65. The summed E-state index contributed by atoms with van der Waals surface area (Å²) < 4.78 is 0. The van der Waals surface area contributed by atoms with Crippen molar-refractivity contribution in [2.24, 2.45) is 16.8 Å². The molecule has 1 unspecified atom stereocenters. The molecule has 0 spiro atoms. The Labute approximate surface area is 95.3 Å². The van der Waals surface area contributed by atoms with Gasteiger partial charge in [0.1, 0.15) is 5.84 Å². The molecule has 1 saturated carbocycles. The predicted octanol–water partition coefficient (Wildman–Crippen LogP) is 0.611. The monoisotopic (exact) mass is 228 g/mol. The van der Waals surface area contributed by atoms with Gasteiger partial charge in [0, 0.05) is 18.5 Å². The minimum absolute atomic E-state index is 0.126. The largest absolute Gasteiger partial charge is 0.409 e. The smallest absolute Gasteiger partial charge is 0.315 e. The summed E-state index contributed by atoms with van der Waals surface area (Å²) in [6.45, 7) is 2.15. The van der Waals surface area contributed by atoms with Crippen molar-refractivity contribution in [3.8, 4) is 0 Å². The summed E-state index contributed by atoms with van der Waals surface area (Å²) in [6.07, 6.45) is 4.49. The summed E-state index contributed by atoms with van der Waals surface area (Å²) in [6, 6.07) is 0.128. The van der Waals surface area contributed by atoms with Crippen molar-refractivity contribution < 1.29 is 10.0 Å². The number of nitrogens with two attached hydrogens (primary N) is 1. The molecule has 1 fully saturated rings. The zero-order valence-electron chi connectivity index (χ0n) is 9.57. The minimum Gasteiger partial charge on any atom is -0.409 e. The highest BCUT2D eigenvalue weighted by Crippen LogP contribution is 2.17. The molecule has 0 aliphatic heterocycles. The summed E-state index contributed by atoms with van der Waals surface area (Å²) in [5.41, 5.74) is 5.39. The van der Waals surface area contributed by atoms with Crippen LogP contribution in [0.5, 0.6) is 0 Å². The molecule has 92 valence electrons. The first kappa shape index (κ1) is 12.6. The first-order valence-corrected chi connectivity index (χ1v) is 5.65. The SMILES string of the molecule is CC(CNC(=O)NC1CCCC1)C(N)=NO. The van der Waals surface area contributed by atoms with Crippen LogP contribution in [0.1, 0.15) is 32.6 Å². The summed E-state index contributed by atoms with van der Waals surface area (Å²) in [4.78, 5) is 11.4. The van der Waals surface area contributed by atoms with Gasteiger partial charge in [-0.2, -0.15) is 0 Å². The summed E-state index contributed by atoms with van der Waals surface area (Å²) in [5, 5.41) is 16.9. The second-order valence-electron chi connectivity index (χ2n) is 4.26. The van der Waals surface area contributed by atoms with E-state index in [-0.39, 0.29) is 17.8 Å². The van der Waals surface area contributed by atoms with E-state index in [1.54, 1.807) is 6.92 Å². The van der Waals surface area contributed by atoms with Crippen LogP contribution >= 0.6 is 0 Å². The Morgan fingerprint density at radius 1 is 1.56 bits per heavy atom. The summed E-state index contributed by atoms with van der Waals surface area (Å²) in [5.74, 6) is -0.0412. The molecule has 16 heavy (non-hydrogen) atoms. The lowest BCUT2D eigenvalue weighted by atomic mass is 10.1. The van der Waals surface area contributed by atoms with E-state index in [0.717, 1.165) is 12.8 Å². The molecule has 0 radical (unpaired) electrons. The minimum atomic E-state index is -0.176. The standard InChI is InChI=1S/C10H20N4O2/c1-7(9(11)14-16)6-12-10(15)13-8-4-2-3-5-8/h7-8,16H,2-6H2,1H3,(H2,11,14)(H2,12,13,15). The quantitative estimate of drug-likeness (QED) is 0.245. The van der Waals surface area contributed by atoms with Gasteiger partial charge in [-0.1, -0.05) is 24.9 Å². The fourth-order valence-corrected chi connectivity index (χ4v) is 1.76. The van der Waals surface area contributed by atoms with E-state index in [4.69, 9.17) is 10.9 Å². The van der Waals surface area contributed by atoms with Crippen molar-refractivity contribution in [1.82, 2.24) is 10.6 Å². The van der Waals surface area contributed by atoms with Crippen molar-refractivity contribution in [1.29, 1.82) is 0 Å². The van der Waals surface area contributed by atoms with Crippen LogP contribution in [0.2, 0.25) is 0 Å². The Balaban J connectivity index is 2.19. The number of rotatable bonds is 4. The van der Waals surface area contributed by atoms with Crippen molar-refractivity contribution >= 4 is 11.9 Å². The van der Waals surface area contributed by atoms with E-state index in [1.807, 2.05) is 0 Å². The highest BCUT2D eigenvalue weighted by molar-refractivity contribution is 5.83. The normalized spacial score (nSPS) is 19.4. The van der Waals surface area contributed by atoms with Gasteiger partial charge in [0.15, 0.2) is 0 Å². The Morgan fingerprint density at radius 2 is 2.19 bits per heavy atom. The number of carbonyl (C=O) groups excluding carboxylic acids is 1. The van der Waals surface area contributed by atoms with Crippen molar-refractivity contribution in [3.63, 3.8) is 0 Å². The molecule has 0 saturated heterocycles. The van der Waals surface area contributed by atoms with Gasteiger partial charge in [-0.3, -0.25) is 0 Å². The van der Waals surface area contributed by atoms with Crippen LogP contribution in [-0.2, 0) is 0 Å². The zero-order valence-corrected chi connectivity index (χ0v) is 9.57. The van der Waals surface area contributed by atoms with Crippen LogP contribution in [0, 0.1) is 5.92 Å². The maximum Gasteiger partial charge on any atom is 0.315 e. The van der Waals surface area contributed by atoms with Crippen LogP contribution in [0.15, 0.2) is 5.16 Å². The number of hydrogen-bond acceptors (Lipinski definition) is 3. The lowest BCUT2D eigenvalue weighted by molar-refractivity contribution is 0.236. The van der Waals surface area contributed by atoms with Crippen LogP contribution < -0.4 is 16.4 Å². The number of carbonyl (C=O) groups is 1. The Bertz CT molecular complexity index is 262. The van der Waals surface area contributed by atoms with Gasteiger partial charge in [0.2, 0.25) is 0 Å². The molecule has 0 aromatic rings. The molecule has 0 bridgehead atoms. The maximum absolute atomic E-state index is 11.4. The molecule has 1 aliphatic carbocycles. The molecule has 2 amide bonds. The van der Waals surface area contributed by atoms with E-state index in [1.165, 1.54) is 12.8 Å². The topological polar surface area (TPSA) is 99.7 Å². The van der Waals surface area contributed by atoms with Crippen LogP contribution in [0.25, 0.3) is 0 Å². The third-order valence-electron chi connectivity index (χ3n) is 2.88. The molecule has 1 aliphatic rings. The summed E-state index contributed by atoms with van der Waals surface area (Å²) >= 11 is 0. The van der Waals surface area contributed by atoms with Gasteiger partial charge in [0.25, 0.3) is 0 Å². The van der Waals surface area contributed by atoms with Crippen LogP contribution in [-0.4, -0.2) is 29.7 Å². The van der Waals surface area contributed by atoms with E-state index in [9.17, 15) is 4.79 Å². The second kappa shape index (κ2) is 6.19. The van der Waals surface area contributed by atoms with Gasteiger partial charge < -0.3 is 21.6 Å². The maximum atomic E-state index is 11.4. The second-order valence-corrected chi connectivity index (χ2v) is 4.26. The lowest BCUT2D eigenvalue weighted by Gasteiger charge is -2.15. The zero-order chi connectivity index (χ0) is 12.0. The fraction of sp³-hybridized carbons (Fsp3) is 0.800. The van der Waals surface area contributed by atoms with E-state index >= 15 is 0 Å². The number of hydrogen-bond donors (Lipinski definition) is 4. The molecular formula is C10H20N4O2. The molecular weight excluding hydrogens is 208 g/mol. The van der Waals surface area contributed by atoms with Gasteiger partial charge >= 0.3 is 6.03 Å². The van der Waals surface area contributed by atoms with E-state index < -0.39 is 0 Å². The Kier molecular flexibility index (Phi) is 4.88. The Morgan fingerprint density at radius 3 is 2.75 bits per heavy atom. The molecule has 5 N–H and O–H groups in total. The molecule has 6 heteroatoms. The van der Waals surface area contributed by atoms with Gasteiger partial charge in [0.05, 0.1) is 0 Å². The number of urea groups is 1. The highest BCUT2D eigenvalue weighted by Gasteiger charge is 2.17. The third kappa shape index (κ3) is 3.96. The fourth-order valence-electron chi connectivity index (χ4n) is 1.76. The molecule has 1 atom stereocenters. The first-order chi connectivity index (χ1) is 7.63.